The molecule has 0 aromatic heterocycles. The van der Waals surface area contributed by atoms with E-state index >= 15 is 0 Å². The van der Waals surface area contributed by atoms with Crippen LogP contribution in [-0.4, -0.2) is 12.5 Å². The van der Waals surface area contributed by atoms with Gasteiger partial charge in [0.2, 0.25) is 5.91 Å². The fourth-order valence-electron chi connectivity index (χ4n) is 2.00. The van der Waals surface area contributed by atoms with Crippen LogP contribution >= 0.6 is 0 Å². The number of carbonyl (C=O) groups is 1. The van der Waals surface area contributed by atoms with Gasteiger partial charge in [-0.1, -0.05) is 50.0 Å². The first-order chi connectivity index (χ1) is 8.33. The summed E-state index contributed by atoms with van der Waals surface area (Å²) in [5, 5.41) is 2.99. The Bertz CT molecular complexity index is 279. The zero-order valence-corrected chi connectivity index (χ0v) is 11.0. The van der Waals surface area contributed by atoms with Gasteiger partial charge in [0.05, 0.1) is 0 Å². The third-order valence-electron chi connectivity index (χ3n) is 3.07. The highest BCUT2D eigenvalue weighted by atomic mass is 16.1. The summed E-state index contributed by atoms with van der Waals surface area (Å²) >= 11 is 0. The minimum absolute atomic E-state index is 0.210. The van der Waals surface area contributed by atoms with E-state index in [1.807, 2.05) is 0 Å². The minimum Gasteiger partial charge on any atom is -0.356 e. The van der Waals surface area contributed by atoms with Crippen molar-refractivity contribution in [2.45, 2.75) is 58.3 Å². The lowest BCUT2D eigenvalue weighted by Crippen LogP contribution is -2.24. The molecule has 1 rings (SSSR count). The Kier molecular flexibility index (Phi) is 7.44. The number of rotatable bonds is 8. The largest absolute Gasteiger partial charge is 0.356 e. The third kappa shape index (κ3) is 6.98. The summed E-state index contributed by atoms with van der Waals surface area (Å²) in [5.41, 5.74) is 1.36. The molecule has 0 unspecified atom stereocenters. The Labute approximate surface area is 105 Å². The van der Waals surface area contributed by atoms with Crippen molar-refractivity contribution in [3.63, 3.8) is 0 Å². The molecule has 0 aromatic carbocycles. The zero-order valence-electron chi connectivity index (χ0n) is 11.0. The molecule has 0 heterocycles. The van der Waals surface area contributed by atoms with E-state index in [-0.39, 0.29) is 5.91 Å². The van der Waals surface area contributed by atoms with Gasteiger partial charge in [0.15, 0.2) is 0 Å². The molecule has 2 nitrogen and oxygen atoms in total. The zero-order chi connectivity index (χ0) is 12.3. The number of nitrogens with one attached hydrogen (secondary N) is 1. The second-order valence-electron chi connectivity index (χ2n) is 4.67. The topological polar surface area (TPSA) is 29.1 Å². The molecule has 0 saturated carbocycles. The van der Waals surface area contributed by atoms with Gasteiger partial charge in [-0.15, -0.1) is 0 Å². The normalized spacial score (nSPS) is 14.5. The summed E-state index contributed by atoms with van der Waals surface area (Å²) in [7, 11) is 0. The minimum atomic E-state index is 0.210. The summed E-state index contributed by atoms with van der Waals surface area (Å²) in [5.74, 6) is 0.210. The average Bonchev–Trinajstić information content (AvgIpc) is 2.36. The Morgan fingerprint density at radius 1 is 1.29 bits per heavy atom. The molecule has 0 radical (unpaired) electrons. The second kappa shape index (κ2) is 9.03. The first kappa shape index (κ1) is 14.0. The maximum atomic E-state index is 11.5. The molecule has 1 aliphatic rings. The van der Waals surface area contributed by atoms with Gasteiger partial charge in [0.1, 0.15) is 0 Å². The predicted molar refractivity (Wildman–Crippen MR) is 72.8 cm³/mol. The van der Waals surface area contributed by atoms with Crippen molar-refractivity contribution in [1.82, 2.24) is 5.32 Å². The number of amides is 1. The number of hydrogen-bond acceptors (Lipinski definition) is 1. The van der Waals surface area contributed by atoms with Crippen molar-refractivity contribution in [3.05, 3.63) is 23.8 Å². The van der Waals surface area contributed by atoms with E-state index in [0.717, 1.165) is 32.2 Å². The van der Waals surface area contributed by atoms with Gasteiger partial charge in [-0.3, -0.25) is 4.79 Å². The molecule has 0 bridgehead atoms. The van der Waals surface area contributed by atoms with Gasteiger partial charge in [0.25, 0.3) is 0 Å². The molecule has 1 aliphatic carbocycles. The first-order valence-corrected chi connectivity index (χ1v) is 6.95. The van der Waals surface area contributed by atoms with Crippen molar-refractivity contribution in [2.75, 3.05) is 6.54 Å². The van der Waals surface area contributed by atoms with E-state index < -0.39 is 0 Å². The highest BCUT2D eigenvalue weighted by Crippen LogP contribution is 2.12. The number of hydrogen-bond donors (Lipinski definition) is 1. The van der Waals surface area contributed by atoms with Crippen LogP contribution < -0.4 is 5.32 Å². The molecule has 96 valence electrons. The van der Waals surface area contributed by atoms with Crippen LogP contribution in [0, 0.1) is 0 Å². The Balaban J connectivity index is 2.00. The molecule has 17 heavy (non-hydrogen) atoms. The molecular weight excluding hydrogens is 210 g/mol. The van der Waals surface area contributed by atoms with Crippen LogP contribution in [0.15, 0.2) is 23.8 Å². The summed E-state index contributed by atoms with van der Waals surface area (Å²) in [6.45, 7) is 2.97. The predicted octanol–water partition coefficient (Wildman–Crippen LogP) is 3.74. The van der Waals surface area contributed by atoms with E-state index in [1.165, 1.54) is 24.8 Å². The van der Waals surface area contributed by atoms with Gasteiger partial charge in [-0.2, -0.15) is 0 Å². The Morgan fingerprint density at radius 3 is 2.88 bits per heavy atom. The van der Waals surface area contributed by atoms with Crippen LogP contribution in [0.4, 0.5) is 0 Å². The molecule has 0 saturated heterocycles. The standard InChI is InChI=1S/C15H25NO/c1-2-3-4-8-11-15(17)16-13-12-14-9-6-5-7-10-14/h6,9-10H,2-5,7-8,11-13H2,1H3,(H,16,17). The lowest BCUT2D eigenvalue weighted by Gasteiger charge is -2.08. The lowest BCUT2D eigenvalue weighted by molar-refractivity contribution is -0.121. The van der Waals surface area contributed by atoms with E-state index in [0.29, 0.717) is 6.42 Å². The van der Waals surface area contributed by atoms with E-state index in [4.69, 9.17) is 0 Å². The fraction of sp³-hybridized carbons (Fsp3) is 0.667. The SMILES string of the molecule is CCCCCCC(=O)NCCC1=CCCC=C1. The molecule has 0 aliphatic heterocycles. The first-order valence-electron chi connectivity index (χ1n) is 6.95. The summed E-state index contributed by atoms with van der Waals surface area (Å²) in [6, 6.07) is 0. The Morgan fingerprint density at radius 2 is 2.18 bits per heavy atom. The monoisotopic (exact) mass is 235 g/mol. The Hall–Kier alpha value is -1.05. The van der Waals surface area contributed by atoms with Crippen molar-refractivity contribution >= 4 is 5.91 Å². The summed E-state index contributed by atoms with van der Waals surface area (Å²) in [6.07, 6.45) is 15.3. The highest BCUT2D eigenvalue weighted by molar-refractivity contribution is 5.75. The van der Waals surface area contributed by atoms with E-state index in [1.54, 1.807) is 0 Å². The second-order valence-corrected chi connectivity index (χ2v) is 4.67. The third-order valence-corrected chi connectivity index (χ3v) is 3.07. The molecule has 2 heteroatoms. The summed E-state index contributed by atoms with van der Waals surface area (Å²) in [4.78, 5) is 11.5. The summed E-state index contributed by atoms with van der Waals surface area (Å²) < 4.78 is 0. The molecule has 0 spiro atoms. The van der Waals surface area contributed by atoms with Gasteiger partial charge in [-0.05, 0) is 25.7 Å². The van der Waals surface area contributed by atoms with Crippen molar-refractivity contribution in [2.24, 2.45) is 0 Å². The molecule has 0 atom stereocenters. The molecule has 1 amide bonds. The van der Waals surface area contributed by atoms with Crippen LogP contribution in [0.5, 0.6) is 0 Å². The lowest BCUT2D eigenvalue weighted by atomic mass is 10.0. The van der Waals surface area contributed by atoms with Crippen molar-refractivity contribution < 1.29 is 4.79 Å². The molecule has 1 N–H and O–H groups in total. The van der Waals surface area contributed by atoms with E-state index in [9.17, 15) is 4.79 Å². The molecular formula is C15H25NO. The van der Waals surface area contributed by atoms with Crippen LogP contribution in [0.25, 0.3) is 0 Å². The smallest absolute Gasteiger partial charge is 0.220 e. The van der Waals surface area contributed by atoms with Crippen molar-refractivity contribution in [1.29, 1.82) is 0 Å². The van der Waals surface area contributed by atoms with Gasteiger partial charge in [-0.25, -0.2) is 0 Å². The maximum absolute atomic E-state index is 11.5. The van der Waals surface area contributed by atoms with Crippen molar-refractivity contribution in [3.8, 4) is 0 Å². The van der Waals surface area contributed by atoms with Gasteiger partial charge in [0, 0.05) is 13.0 Å². The number of unbranched alkanes of at least 4 members (excludes halogenated alkanes) is 3. The van der Waals surface area contributed by atoms with Crippen LogP contribution in [-0.2, 0) is 4.79 Å². The van der Waals surface area contributed by atoms with E-state index in [2.05, 4.69) is 30.5 Å². The highest BCUT2D eigenvalue weighted by Gasteiger charge is 2.01. The number of allylic oxidation sites excluding steroid dienone is 3. The molecule has 0 aromatic rings. The van der Waals surface area contributed by atoms with Crippen LogP contribution in [0.1, 0.15) is 58.3 Å². The quantitative estimate of drug-likeness (QED) is 0.638. The fourth-order valence-corrected chi connectivity index (χ4v) is 2.00. The van der Waals surface area contributed by atoms with Gasteiger partial charge >= 0.3 is 0 Å². The number of carbonyl (C=O) groups excluding carboxylic acids is 1. The molecule has 0 fully saturated rings. The van der Waals surface area contributed by atoms with Crippen LogP contribution in [0.3, 0.4) is 0 Å². The van der Waals surface area contributed by atoms with Gasteiger partial charge < -0.3 is 5.32 Å². The average molecular weight is 235 g/mol. The van der Waals surface area contributed by atoms with Crippen LogP contribution in [0.2, 0.25) is 0 Å². The maximum Gasteiger partial charge on any atom is 0.220 e.